The molecule has 0 unspecified atom stereocenters. The normalized spacial score (nSPS) is 23.3. The summed E-state index contributed by atoms with van der Waals surface area (Å²) in [6, 6.07) is 6.26. The first kappa shape index (κ1) is 19.3. The summed E-state index contributed by atoms with van der Waals surface area (Å²) in [4.78, 5) is 14.8. The molecule has 0 aromatic heterocycles. The van der Waals surface area contributed by atoms with Gasteiger partial charge in [0.1, 0.15) is 6.10 Å². The van der Waals surface area contributed by atoms with Crippen molar-refractivity contribution in [2.75, 3.05) is 33.2 Å². The van der Waals surface area contributed by atoms with Gasteiger partial charge in [-0.15, -0.1) is 0 Å². The van der Waals surface area contributed by atoms with Crippen molar-refractivity contribution >= 4 is 16.0 Å². The van der Waals surface area contributed by atoms with Gasteiger partial charge in [0.2, 0.25) is 10.0 Å². The van der Waals surface area contributed by atoms with Crippen LogP contribution in [-0.2, 0) is 14.8 Å². The molecular weight excluding hydrogens is 352 g/mol. The monoisotopic (exact) mass is 380 g/mol. The van der Waals surface area contributed by atoms with Gasteiger partial charge in [-0.2, -0.15) is 4.31 Å². The molecule has 2 aliphatic rings. The summed E-state index contributed by atoms with van der Waals surface area (Å²) in [7, 11) is -1.56. The van der Waals surface area contributed by atoms with Crippen molar-refractivity contribution in [3.63, 3.8) is 0 Å². The summed E-state index contributed by atoms with van der Waals surface area (Å²) in [6.45, 7) is 2.83. The highest BCUT2D eigenvalue weighted by atomic mass is 32.2. The van der Waals surface area contributed by atoms with Gasteiger partial charge in [-0.25, -0.2) is 13.2 Å². The van der Waals surface area contributed by atoms with Crippen LogP contribution in [0.15, 0.2) is 29.2 Å². The summed E-state index contributed by atoms with van der Waals surface area (Å²) in [5.74, 6) is -0.446. The second-order valence-electron chi connectivity index (χ2n) is 7.28. The number of carbonyl (C=O) groups excluding carboxylic acids is 1. The molecule has 1 aromatic carbocycles. The van der Waals surface area contributed by atoms with Crippen molar-refractivity contribution in [3.8, 4) is 0 Å². The van der Waals surface area contributed by atoms with Crippen LogP contribution in [0.4, 0.5) is 0 Å². The van der Waals surface area contributed by atoms with Crippen LogP contribution in [0.3, 0.4) is 0 Å². The third kappa shape index (κ3) is 4.64. The van der Waals surface area contributed by atoms with Crippen LogP contribution >= 0.6 is 0 Å². The molecule has 2 heterocycles. The molecule has 1 aromatic rings. The first-order valence-corrected chi connectivity index (χ1v) is 10.9. The van der Waals surface area contributed by atoms with Crippen molar-refractivity contribution in [1.82, 2.24) is 9.21 Å². The molecule has 1 atom stereocenters. The van der Waals surface area contributed by atoms with Crippen LogP contribution in [0.1, 0.15) is 48.9 Å². The minimum atomic E-state index is -3.57. The molecule has 2 aliphatic heterocycles. The number of ether oxygens (including phenoxy) is 1. The average Bonchev–Trinajstić information content (AvgIpc) is 2.92. The number of sulfonamides is 1. The van der Waals surface area contributed by atoms with E-state index in [1.165, 1.54) is 6.07 Å². The molecule has 7 heteroatoms. The van der Waals surface area contributed by atoms with Crippen molar-refractivity contribution in [2.45, 2.75) is 49.5 Å². The number of benzene rings is 1. The van der Waals surface area contributed by atoms with E-state index >= 15 is 0 Å². The Bertz CT molecular complexity index is 727. The summed E-state index contributed by atoms with van der Waals surface area (Å²) in [5.41, 5.74) is 0.300. The van der Waals surface area contributed by atoms with Crippen LogP contribution in [0.5, 0.6) is 0 Å². The Morgan fingerprint density at radius 3 is 2.50 bits per heavy atom. The fraction of sp³-hybridized carbons (Fsp3) is 0.632. The van der Waals surface area contributed by atoms with Gasteiger partial charge >= 0.3 is 5.97 Å². The van der Waals surface area contributed by atoms with E-state index in [9.17, 15) is 13.2 Å². The SMILES string of the molecule is CN1CCC[C@@H](OC(=O)c2cccc(S(=O)(=O)N3CCCCCC3)c2)C1. The fourth-order valence-electron chi connectivity index (χ4n) is 3.65. The molecule has 0 saturated carbocycles. The molecular formula is C19H28N2O4S. The average molecular weight is 381 g/mol. The minimum absolute atomic E-state index is 0.132. The molecule has 144 valence electrons. The second-order valence-corrected chi connectivity index (χ2v) is 9.22. The largest absolute Gasteiger partial charge is 0.457 e. The van der Waals surface area contributed by atoms with Crippen LogP contribution < -0.4 is 0 Å². The van der Waals surface area contributed by atoms with Gasteiger partial charge in [0.25, 0.3) is 0 Å². The maximum atomic E-state index is 12.9. The molecule has 6 nitrogen and oxygen atoms in total. The maximum absolute atomic E-state index is 12.9. The van der Waals surface area contributed by atoms with Crippen molar-refractivity contribution in [2.24, 2.45) is 0 Å². The number of likely N-dealkylation sites (N-methyl/N-ethyl adjacent to an activating group) is 1. The lowest BCUT2D eigenvalue weighted by molar-refractivity contribution is 0.0108. The van der Waals surface area contributed by atoms with E-state index in [1.54, 1.807) is 22.5 Å². The second kappa shape index (κ2) is 8.50. The molecule has 2 saturated heterocycles. The predicted octanol–water partition coefficient (Wildman–Crippen LogP) is 2.50. The standard InChI is InChI=1S/C19H28N2O4S/c1-20-11-7-9-17(15-20)25-19(22)16-8-6-10-18(14-16)26(23,24)21-12-4-2-3-5-13-21/h6,8,10,14,17H,2-5,7,9,11-13,15H2,1H3/t17-/m1/s1. The van der Waals surface area contributed by atoms with Crippen LogP contribution in [0.25, 0.3) is 0 Å². The Morgan fingerprint density at radius 2 is 1.81 bits per heavy atom. The number of hydrogen-bond acceptors (Lipinski definition) is 5. The number of nitrogens with zero attached hydrogens (tertiary/aromatic N) is 2. The number of likely N-dealkylation sites (tertiary alicyclic amines) is 1. The fourth-order valence-corrected chi connectivity index (χ4v) is 5.21. The third-order valence-corrected chi connectivity index (χ3v) is 7.02. The van der Waals surface area contributed by atoms with Crippen LogP contribution in [0.2, 0.25) is 0 Å². The summed E-state index contributed by atoms with van der Waals surface area (Å²) < 4.78 is 33.0. The Kier molecular flexibility index (Phi) is 6.32. The Morgan fingerprint density at radius 1 is 1.08 bits per heavy atom. The van der Waals surface area contributed by atoms with E-state index < -0.39 is 16.0 Å². The lowest BCUT2D eigenvalue weighted by Crippen LogP contribution is -2.38. The molecule has 3 rings (SSSR count). The van der Waals surface area contributed by atoms with Gasteiger partial charge < -0.3 is 9.64 Å². The Labute approximate surface area is 156 Å². The number of carbonyl (C=O) groups is 1. The number of hydrogen-bond donors (Lipinski definition) is 0. The van der Waals surface area contributed by atoms with Crippen molar-refractivity contribution in [3.05, 3.63) is 29.8 Å². The molecule has 0 bridgehead atoms. The van der Waals surface area contributed by atoms with Crippen LogP contribution in [-0.4, -0.2) is 62.9 Å². The van der Waals surface area contributed by atoms with E-state index in [1.807, 2.05) is 7.05 Å². The van der Waals surface area contributed by atoms with E-state index in [-0.39, 0.29) is 11.0 Å². The highest BCUT2D eigenvalue weighted by Crippen LogP contribution is 2.22. The highest BCUT2D eigenvalue weighted by molar-refractivity contribution is 7.89. The maximum Gasteiger partial charge on any atom is 0.338 e. The van der Waals surface area contributed by atoms with E-state index in [2.05, 4.69) is 4.90 Å². The lowest BCUT2D eigenvalue weighted by Gasteiger charge is -2.29. The number of piperidine rings is 1. The number of rotatable bonds is 4. The third-order valence-electron chi connectivity index (χ3n) is 5.13. The first-order chi connectivity index (χ1) is 12.5. The quantitative estimate of drug-likeness (QED) is 0.751. The Hall–Kier alpha value is -1.44. The van der Waals surface area contributed by atoms with Gasteiger partial charge in [0.15, 0.2) is 0 Å². The molecule has 0 spiro atoms. The highest BCUT2D eigenvalue weighted by Gasteiger charge is 2.27. The van der Waals surface area contributed by atoms with Gasteiger partial charge in [0.05, 0.1) is 10.5 Å². The zero-order valence-electron chi connectivity index (χ0n) is 15.4. The lowest BCUT2D eigenvalue weighted by atomic mass is 10.1. The summed E-state index contributed by atoms with van der Waals surface area (Å²) in [5, 5.41) is 0. The van der Waals surface area contributed by atoms with Crippen molar-refractivity contribution < 1.29 is 17.9 Å². The van der Waals surface area contributed by atoms with Crippen molar-refractivity contribution in [1.29, 1.82) is 0 Å². The predicted molar refractivity (Wildman–Crippen MR) is 99.6 cm³/mol. The zero-order valence-corrected chi connectivity index (χ0v) is 16.2. The minimum Gasteiger partial charge on any atom is -0.457 e. The molecule has 0 radical (unpaired) electrons. The zero-order chi connectivity index (χ0) is 18.6. The van der Waals surface area contributed by atoms with Gasteiger partial charge in [-0.3, -0.25) is 0 Å². The van der Waals surface area contributed by atoms with Crippen LogP contribution in [0, 0.1) is 0 Å². The molecule has 26 heavy (non-hydrogen) atoms. The molecule has 0 amide bonds. The first-order valence-electron chi connectivity index (χ1n) is 9.46. The summed E-state index contributed by atoms with van der Waals surface area (Å²) >= 11 is 0. The van der Waals surface area contributed by atoms with E-state index in [0.717, 1.165) is 51.6 Å². The smallest absolute Gasteiger partial charge is 0.338 e. The summed E-state index contributed by atoms with van der Waals surface area (Å²) in [6.07, 6.45) is 5.61. The van der Waals surface area contributed by atoms with E-state index in [0.29, 0.717) is 18.7 Å². The molecule has 2 fully saturated rings. The Balaban J connectivity index is 1.73. The topological polar surface area (TPSA) is 66.9 Å². The molecule has 0 aliphatic carbocycles. The van der Waals surface area contributed by atoms with Gasteiger partial charge in [0, 0.05) is 19.6 Å². The van der Waals surface area contributed by atoms with Gasteiger partial charge in [-0.1, -0.05) is 18.9 Å². The van der Waals surface area contributed by atoms with Gasteiger partial charge in [-0.05, 0) is 57.5 Å². The molecule has 0 N–H and O–H groups in total. The number of esters is 1. The van der Waals surface area contributed by atoms with E-state index in [4.69, 9.17) is 4.74 Å².